The minimum Gasteiger partial charge on any atom is -0.496 e. The minimum atomic E-state index is -0.732. The number of aliphatic carboxylic acids is 1. The molecule has 1 aromatic rings. The molecule has 1 rings (SSSR count). The molecule has 3 heteroatoms. The monoisotopic (exact) mass is 222 g/mol. The number of rotatable bonds is 6. The summed E-state index contributed by atoms with van der Waals surface area (Å²) in [6.07, 6.45) is 2.65. The van der Waals surface area contributed by atoms with Gasteiger partial charge in [0.2, 0.25) is 0 Å². The van der Waals surface area contributed by atoms with Gasteiger partial charge in [-0.15, -0.1) is 0 Å². The molecule has 0 amide bonds. The second-order valence-corrected chi connectivity index (χ2v) is 3.75. The second kappa shape index (κ2) is 6.16. The Morgan fingerprint density at radius 1 is 1.44 bits per heavy atom. The van der Waals surface area contributed by atoms with Crippen molar-refractivity contribution in [2.24, 2.45) is 0 Å². The maximum absolute atomic E-state index is 10.4. The number of benzene rings is 1. The predicted molar refractivity (Wildman–Crippen MR) is 62.9 cm³/mol. The molecule has 3 nitrogen and oxygen atoms in total. The van der Waals surface area contributed by atoms with Gasteiger partial charge in [0.1, 0.15) is 5.75 Å². The summed E-state index contributed by atoms with van der Waals surface area (Å²) in [6, 6.07) is 6.05. The van der Waals surface area contributed by atoms with Gasteiger partial charge in [0.15, 0.2) is 0 Å². The molecule has 0 aliphatic heterocycles. The molecule has 0 atom stereocenters. The highest BCUT2D eigenvalue weighted by Crippen LogP contribution is 2.21. The largest absolute Gasteiger partial charge is 0.496 e. The molecule has 0 radical (unpaired) electrons. The highest BCUT2D eigenvalue weighted by Gasteiger charge is 2.03. The first-order valence-electron chi connectivity index (χ1n) is 5.55. The van der Waals surface area contributed by atoms with E-state index in [9.17, 15) is 4.79 Å². The van der Waals surface area contributed by atoms with Crippen LogP contribution in [0.5, 0.6) is 5.75 Å². The van der Waals surface area contributed by atoms with Crippen LogP contribution in [0.15, 0.2) is 18.2 Å². The van der Waals surface area contributed by atoms with E-state index in [0.717, 1.165) is 18.6 Å². The first-order chi connectivity index (χ1) is 7.67. The average Bonchev–Trinajstić information content (AvgIpc) is 2.28. The molecule has 1 aromatic carbocycles. The molecule has 0 spiro atoms. The summed E-state index contributed by atoms with van der Waals surface area (Å²) >= 11 is 0. The molecule has 1 N–H and O–H groups in total. The summed E-state index contributed by atoms with van der Waals surface area (Å²) in [5.74, 6) is 0.175. The zero-order valence-electron chi connectivity index (χ0n) is 9.82. The van der Waals surface area contributed by atoms with Crippen LogP contribution >= 0.6 is 0 Å². The van der Waals surface area contributed by atoms with Crippen LogP contribution in [0.2, 0.25) is 0 Å². The SMILES string of the molecule is CCc1cc(CCCC(=O)O)ccc1OC. The Morgan fingerprint density at radius 2 is 2.19 bits per heavy atom. The van der Waals surface area contributed by atoms with E-state index < -0.39 is 5.97 Å². The van der Waals surface area contributed by atoms with Crippen molar-refractivity contribution in [3.8, 4) is 5.75 Å². The standard InChI is InChI=1S/C13H18O3/c1-3-11-9-10(5-4-6-13(14)15)7-8-12(11)16-2/h7-9H,3-6H2,1-2H3,(H,14,15). The molecule has 0 saturated heterocycles. The van der Waals surface area contributed by atoms with Gasteiger partial charge in [-0.1, -0.05) is 19.1 Å². The van der Waals surface area contributed by atoms with Gasteiger partial charge in [0.05, 0.1) is 7.11 Å². The third-order valence-electron chi connectivity index (χ3n) is 2.58. The van der Waals surface area contributed by atoms with Crippen LogP contribution in [0.1, 0.15) is 30.9 Å². The Labute approximate surface area is 96.1 Å². The second-order valence-electron chi connectivity index (χ2n) is 3.75. The molecule has 0 bridgehead atoms. The molecule has 88 valence electrons. The number of hydrogen-bond donors (Lipinski definition) is 1. The first kappa shape index (κ1) is 12.6. The van der Waals surface area contributed by atoms with Crippen LogP contribution < -0.4 is 4.74 Å². The highest BCUT2D eigenvalue weighted by atomic mass is 16.5. The average molecular weight is 222 g/mol. The molecule has 0 unspecified atom stereocenters. The maximum Gasteiger partial charge on any atom is 0.303 e. The van der Waals surface area contributed by atoms with Crippen LogP contribution in [0.4, 0.5) is 0 Å². The quantitative estimate of drug-likeness (QED) is 0.804. The Balaban J connectivity index is 2.64. The normalized spacial score (nSPS) is 10.1. The number of carbonyl (C=O) groups is 1. The van der Waals surface area contributed by atoms with Gasteiger partial charge < -0.3 is 9.84 Å². The first-order valence-corrected chi connectivity index (χ1v) is 5.55. The van der Waals surface area contributed by atoms with Crippen molar-refractivity contribution < 1.29 is 14.6 Å². The van der Waals surface area contributed by atoms with Crippen LogP contribution in [0.25, 0.3) is 0 Å². The Morgan fingerprint density at radius 3 is 2.75 bits per heavy atom. The van der Waals surface area contributed by atoms with Crippen LogP contribution in [0, 0.1) is 0 Å². The molecule has 0 aliphatic rings. The van der Waals surface area contributed by atoms with Gasteiger partial charge in [0, 0.05) is 6.42 Å². The number of ether oxygens (including phenoxy) is 1. The summed E-state index contributed by atoms with van der Waals surface area (Å²) in [5, 5.41) is 8.55. The summed E-state index contributed by atoms with van der Waals surface area (Å²) in [7, 11) is 1.67. The van der Waals surface area contributed by atoms with Gasteiger partial charge in [-0.2, -0.15) is 0 Å². The van der Waals surface area contributed by atoms with Crippen LogP contribution in [-0.4, -0.2) is 18.2 Å². The molecule has 0 aliphatic carbocycles. The lowest BCUT2D eigenvalue weighted by atomic mass is 10.0. The van der Waals surface area contributed by atoms with E-state index >= 15 is 0 Å². The van der Waals surface area contributed by atoms with Crippen molar-refractivity contribution in [3.05, 3.63) is 29.3 Å². The summed E-state index contributed by atoms with van der Waals surface area (Å²) in [4.78, 5) is 10.4. The van der Waals surface area contributed by atoms with Gasteiger partial charge in [0.25, 0.3) is 0 Å². The molecule has 0 fully saturated rings. The van der Waals surface area contributed by atoms with Crippen molar-refractivity contribution in [2.75, 3.05) is 7.11 Å². The Hall–Kier alpha value is -1.51. The molecular formula is C13H18O3. The lowest BCUT2D eigenvalue weighted by Gasteiger charge is -2.08. The zero-order chi connectivity index (χ0) is 12.0. The van der Waals surface area contributed by atoms with E-state index in [1.807, 2.05) is 12.1 Å². The number of methoxy groups -OCH3 is 1. The lowest BCUT2D eigenvalue weighted by molar-refractivity contribution is -0.137. The van der Waals surface area contributed by atoms with Gasteiger partial charge >= 0.3 is 5.97 Å². The zero-order valence-corrected chi connectivity index (χ0v) is 9.82. The molecular weight excluding hydrogens is 204 g/mol. The summed E-state index contributed by atoms with van der Waals surface area (Å²) < 4.78 is 5.24. The maximum atomic E-state index is 10.4. The smallest absolute Gasteiger partial charge is 0.303 e. The summed E-state index contributed by atoms with van der Waals surface area (Å²) in [6.45, 7) is 2.08. The Bertz CT molecular complexity index is 358. The van der Waals surface area contributed by atoms with Crippen molar-refractivity contribution in [1.82, 2.24) is 0 Å². The number of carboxylic acids is 1. The number of carboxylic acid groups (broad SMARTS) is 1. The highest BCUT2D eigenvalue weighted by molar-refractivity contribution is 5.66. The third kappa shape index (κ3) is 3.57. The molecule has 16 heavy (non-hydrogen) atoms. The topological polar surface area (TPSA) is 46.5 Å². The van der Waals surface area contributed by atoms with Crippen molar-refractivity contribution >= 4 is 5.97 Å². The van der Waals surface area contributed by atoms with Gasteiger partial charge in [-0.05, 0) is 36.5 Å². The van der Waals surface area contributed by atoms with E-state index in [1.54, 1.807) is 7.11 Å². The fourth-order valence-corrected chi connectivity index (χ4v) is 1.71. The molecule has 0 heterocycles. The van der Waals surface area contributed by atoms with E-state index in [1.165, 1.54) is 11.1 Å². The number of aryl methyl sites for hydroxylation is 2. The predicted octanol–water partition coefficient (Wildman–Crippen LogP) is 2.66. The van der Waals surface area contributed by atoms with E-state index in [0.29, 0.717) is 6.42 Å². The molecule has 0 saturated carbocycles. The fraction of sp³-hybridized carbons (Fsp3) is 0.462. The van der Waals surface area contributed by atoms with Crippen molar-refractivity contribution in [1.29, 1.82) is 0 Å². The summed E-state index contributed by atoms with van der Waals surface area (Å²) in [5.41, 5.74) is 2.36. The van der Waals surface area contributed by atoms with Gasteiger partial charge in [-0.3, -0.25) is 4.79 Å². The molecule has 0 aromatic heterocycles. The Kier molecular flexibility index (Phi) is 4.83. The lowest BCUT2D eigenvalue weighted by Crippen LogP contribution is -1.97. The van der Waals surface area contributed by atoms with E-state index in [2.05, 4.69) is 13.0 Å². The van der Waals surface area contributed by atoms with Crippen LogP contribution in [-0.2, 0) is 17.6 Å². The fourth-order valence-electron chi connectivity index (χ4n) is 1.71. The third-order valence-corrected chi connectivity index (χ3v) is 2.58. The minimum absolute atomic E-state index is 0.230. The number of hydrogen-bond acceptors (Lipinski definition) is 2. The van der Waals surface area contributed by atoms with E-state index in [4.69, 9.17) is 9.84 Å². The van der Waals surface area contributed by atoms with Crippen LogP contribution in [0.3, 0.4) is 0 Å². The van der Waals surface area contributed by atoms with E-state index in [-0.39, 0.29) is 6.42 Å². The van der Waals surface area contributed by atoms with Crippen molar-refractivity contribution in [2.45, 2.75) is 32.6 Å². The van der Waals surface area contributed by atoms with Crippen molar-refractivity contribution in [3.63, 3.8) is 0 Å². The van der Waals surface area contributed by atoms with Gasteiger partial charge in [-0.25, -0.2) is 0 Å².